The highest BCUT2D eigenvalue weighted by Gasteiger charge is 2.36. The Bertz CT molecular complexity index is 246. The molecule has 0 aliphatic carbocycles. The minimum Gasteiger partial charge on any atom is -0.479 e. The number of carboxylic acid groups (broad SMARTS) is 2. The molecule has 0 aliphatic heterocycles. The Balaban J connectivity index is 4.66. The van der Waals surface area contributed by atoms with Crippen LogP contribution in [0.5, 0.6) is 0 Å². The van der Waals surface area contributed by atoms with Crippen LogP contribution in [-0.4, -0.2) is 47.6 Å². The van der Waals surface area contributed by atoms with Gasteiger partial charge in [0.1, 0.15) is 0 Å². The number of carbonyl (C=O) groups is 2. The summed E-state index contributed by atoms with van der Waals surface area (Å²) in [7, 11) is 0. The second kappa shape index (κ2) is 8.05. The van der Waals surface area contributed by atoms with Gasteiger partial charge in [-0.15, -0.1) is 0 Å². The lowest BCUT2D eigenvalue weighted by Gasteiger charge is -2.22. The van der Waals surface area contributed by atoms with E-state index in [0.717, 1.165) is 0 Å². The Morgan fingerprint density at radius 2 is 1.11 bits per heavy atom. The SMILES string of the molecule is CC(C)CO[C@@H](C(=O)O)[C@@H](OCC(C)C)C(=O)O. The van der Waals surface area contributed by atoms with Gasteiger partial charge in [-0.2, -0.15) is 0 Å². The molecule has 0 aliphatic rings. The lowest BCUT2D eigenvalue weighted by Crippen LogP contribution is -2.44. The van der Waals surface area contributed by atoms with Crippen molar-refractivity contribution in [3.63, 3.8) is 0 Å². The van der Waals surface area contributed by atoms with Crippen molar-refractivity contribution in [3.8, 4) is 0 Å². The van der Waals surface area contributed by atoms with E-state index in [4.69, 9.17) is 19.7 Å². The van der Waals surface area contributed by atoms with Crippen LogP contribution in [-0.2, 0) is 19.1 Å². The maximum Gasteiger partial charge on any atom is 0.336 e. The number of aliphatic carboxylic acids is 2. The van der Waals surface area contributed by atoms with Crippen molar-refractivity contribution in [2.75, 3.05) is 13.2 Å². The lowest BCUT2D eigenvalue weighted by molar-refractivity contribution is -0.178. The quantitative estimate of drug-likeness (QED) is 0.649. The molecule has 0 aromatic rings. The van der Waals surface area contributed by atoms with Crippen LogP contribution in [0.2, 0.25) is 0 Å². The summed E-state index contributed by atoms with van der Waals surface area (Å²) in [5.74, 6) is -2.42. The lowest BCUT2D eigenvalue weighted by atomic mass is 10.1. The molecule has 18 heavy (non-hydrogen) atoms. The summed E-state index contributed by atoms with van der Waals surface area (Å²) in [4.78, 5) is 22.1. The number of hydrogen-bond acceptors (Lipinski definition) is 4. The smallest absolute Gasteiger partial charge is 0.336 e. The summed E-state index contributed by atoms with van der Waals surface area (Å²) in [6.45, 7) is 7.75. The fraction of sp³-hybridized carbons (Fsp3) is 0.833. The van der Waals surface area contributed by atoms with E-state index >= 15 is 0 Å². The molecule has 6 nitrogen and oxygen atoms in total. The molecule has 106 valence electrons. The molecule has 0 fully saturated rings. The van der Waals surface area contributed by atoms with Crippen molar-refractivity contribution in [1.82, 2.24) is 0 Å². The molecular weight excluding hydrogens is 240 g/mol. The van der Waals surface area contributed by atoms with Gasteiger partial charge in [0.25, 0.3) is 0 Å². The summed E-state index contributed by atoms with van der Waals surface area (Å²) in [6, 6.07) is 0. The molecule has 0 heterocycles. The minimum absolute atomic E-state index is 0.117. The second-order valence-electron chi connectivity index (χ2n) is 4.97. The number of rotatable bonds is 9. The number of carboxylic acids is 2. The van der Waals surface area contributed by atoms with E-state index in [9.17, 15) is 9.59 Å². The third kappa shape index (κ3) is 6.56. The average molecular weight is 262 g/mol. The van der Waals surface area contributed by atoms with E-state index in [1.54, 1.807) is 0 Å². The van der Waals surface area contributed by atoms with Gasteiger partial charge in [0.15, 0.2) is 12.2 Å². The number of ether oxygens (including phenoxy) is 2. The predicted molar refractivity (Wildman–Crippen MR) is 64.4 cm³/mol. The molecular formula is C12H22O6. The topological polar surface area (TPSA) is 93.1 Å². The van der Waals surface area contributed by atoms with Crippen molar-refractivity contribution in [1.29, 1.82) is 0 Å². The Morgan fingerprint density at radius 3 is 1.28 bits per heavy atom. The summed E-state index contributed by atoms with van der Waals surface area (Å²) in [5.41, 5.74) is 0. The summed E-state index contributed by atoms with van der Waals surface area (Å²) < 4.78 is 10.2. The van der Waals surface area contributed by atoms with Gasteiger partial charge in [-0.3, -0.25) is 0 Å². The van der Waals surface area contributed by atoms with Crippen LogP contribution in [0.1, 0.15) is 27.7 Å². The minimum atomic E-state index is -1.48. The molecule has 0 spiro atoms. The highest BCUT2D eigenvalue weighted by atomic mass is 16.6. The molecule has 0 amide bonds. The van der Waals surface area contributed by atoms with E-state index in [-0.39, 0.29) is 25.0 Å². The third-order valence-electron chi connectivity index (χ3n) is 1.98. The fourth-order valence-corrected chi connectivity index (χ4v) is 1.17. The first-order valence-electron chi connectivity index (χ1n) is 5.94. The van der Waals surface area contributed by atoms with Crippen molar-refractivity contribution in [2.24, 2.45) is 11.8 Å². The molecule has 2 atom stereocenters. The molecule has 0 bridgehead atoms. The van der Waals surface area contributed by atoms with Crippen LogP contribution in [0.15, 0.2) is 0 Å². The molecule has 0 saturated carbocycles. The molecule has 0 saturated heterocycles. The predicted octanol–water partition coefficient (Wildman–Crippen LogP) is 1.24. The Hall–Kier alpha value is -1.14. The standard InChI is InChI=1S/C12H22O6/c1-7(2)5-17-9(11(13)14)10(12(15)16)18-6-8(3)4/h7-10H,5-6H2,1-4H3,(H,13,14)(H,15,16)/t9-,10-/m1/s1. The van der Waals surface area contributed by atoms with E-state index in [1.165, 1.54) is 0 Å². The third-order valence-corrected chi connectivity index (χ3v) is 1.98. The average Bonchev–Trinajstić information content (AvgIpc) is 2.20. The van der Waals surface area contributed by atoms with Gasteiger partial charge in [0.05, 0.1) is 13.2 Å². The zero-order valence-electron chi connectivity index (χ0n) is 11.3. The molecule has 6 heteroatoms. The zero-order valence-corrected chi connectivity index (χ0v) is 11.3. The van der Waals surface area contributed by atoms with Crippen molar-refractivity contribution < 1.29 is 29.3 Å². The van der Waals surface area contributed by atoms with Gasteiger partial charge < -0.3 is 19.7 Å². The monoisotopic (exact) mass is 262 g/mol. The van der Waals surface area contributed by atoms with Crippen LogP contribution in [0.3, 0.4) is 0 Å². The Morgan fingerprint density at radius 1 is 0.833 bits per heavy atom. The largest absolute Gasteiger partial charge is 0.479 e. The molecule has 0 radical (unpaired) electrons. The van der Waals surface area contributed by atoms with Gasteiger partial charge in [-0.1, -0.05) is 27.7 Å². The fourth-order valence-electron chi connectivity index (χ4n) is 1.17. The first-order valence-corrected chi connectivity index (χ1v) is 5.94. The van der Waals surface area contributed by atoms with E-state index in [0.29, 0.717) is 0 Å². The second-order valence-corrected chi connectivity index (χ2v) is 4.97. The summed E-state index contributed by atoms with van der Waals surface area (Å²) >= 11 is 0. The number of hydrogen-bond donors (Lipinski definition) is 2. The van der Waals surface area contributed by atoms with E-state index in [2.05, 4.69) is 0 Å². The Labute approximate surface area is 107 Å². The molecule has 0 rings (SSSR count). The molecule has 0 aromatic carbocycles. The van der Waals surface area contributed by atoms with Gasteiger partial charge in [0.2, 0.25) is 0 Å². The molecule has 2 N–H and O–H groups in total. The summed E-state index contributed by atoms with van der Waals surface area (Å²) in [5, 5.41) is 18.0. The van der Waals surface area contributed by atoms with E-state index < -0.39 is 24.1 Å². The van der Waals surface area contributed by atoms with Gasteiger partial charge in [-0.25, -0.2) is 9.59 Å². The van der Waals surface area contributed by atoms with Crippen molar-refractivity contribution in [3.05, 3.63) is 0 Å². The van der Waals surface area contributed by atoms with Gasteiger partial charge in [0, 0.05) is 0 Å². The van der Waals surface area contributed by atoms with Crippen LogP contribution in [0.4, 0.5) is 0 Å². The highest BCUT2D eigenvalue weighted by molar-refractivity contribution is 5.83. The van der Waals surface area contributed by atoms with E-state index in [1.807, 2.05) is 27.7 Å². The first-order chi connectivity index (χ1) is 8.25. The van der Waals surface area contributed by atoms with Crippen molar-refractivity contribution >= 4 is 11.9 Å². The highest BCUT2D eigenvalue weighted by Crippen LogP contribution is 2.10. The van der Waals surface area contributed by atoms with Crippen molar-refractivity contribution in [2.45, 2.75) is 39.9 Å². The summed E-state index contributed by atoms with van der Waals surface area (Å²) in [6.07, 6.45) is -2.97. The van der Waals surface area contributed by atoms with Crippen LogP contribution >= 0.6 is 0 Å². The van der Waals surface area contributed by atoms with Crippen LogP contribution in [0, 0.1) is 11.8 Å². The first kappa shape index (κ1) is 16.9. The normalized spacial score (nSPS) is 14.8. The van der Waals surface area contributed by atoms with Gasteiger partial charge >= 0.3 is 11.9 Å². The molecule has 0 unspecified atom stereocenters. The Kier molecular flexibility index (Phi) is 7.54. The molecule has 0 aromatic heterocycles. The maximum absolute atomic E-state index is 11.0. The van der Waals surface area contributed by atoms with Crippen LogP contribution < -0.4 is 0 Å². The zero-order chi connectivity index (χ0) is 14.3. The maximum atomic E-state index is 11.0. The van der Waals surface area contributed by atoms with Gasteiger partial charge in [-0.05, 0) is 11.8 Å². The van der Waals surface area contributed by atoms with Crippen LogP contribution in [0.25, 0.3) is 0 Å².